The number of carbonyl (C=O) groups is 1. The fraction of sp³-hybridized carbons (Fsp3) is 0.333. The first kappa shape index (κ1) is 17.5. The molecule has 1 aromatic carbocycles. The number of halogens is 1. The van der Waals surface area contributed by atoms with E-state index in [1.165, 1.54) is 6.33 Å². The van der Waals surface area contributed by atoms with Gasteiger partial charge in [0.05, 0.1) is 5.02 Å². The smallest absolute Gasteiger partial charge is 0.260 e. The molecule has 1 aliphatic rings. The normalized spacial score (nSPS) is 14.6. The summed E-state index contributed by atoms with van der Waals surface area (Å²) in [6.45, 7) is 4.55. The van der Waals surface area contributed by atoms with Crippen LogP contribution in [0.5, 0.6) is 5.75 Å². The number of aromatic nitrogens is 4. The van der Waals surface area contributed by atoms with Gasteiger partial charge in [-0.25, -0.2) is 4.98 Å². The van der Waals surface area contributed by atoms with Gasteiger partial charge in [-0.3, -0.25) is 4.79 Å². The Bertz CT molecular complexity index is 967. The number of para-hydroxylation sites is 1. The Morgan fingerprint density at radius 3 is 2.78 bits per heavy atom. The van der Waals surface area contributed by atoms with E-state index in [9.17, 15) is 4.79 Å². The van der Waals surface area contributed by atoms with Crippen LogP contribution < -0.4 is 9.64 Å². The van der Waals surface area contributed by atoms with Crippen molar-refractivity contribution < 1.29 is 9.53 Å². The number of piperazine rings is 1. The maximum Gasteiger partial charge on any atom is 0.260 e. The van der Waals surface area contributed by atoms with Crippen LogP contribution in [0, 0.1) is 6.92 Å². The third-order valence-corrected chi connectivity index (χ3v) is 4.82. The zero-order valence-corrected chi connectivity index (χ0v) is 15.6. The maximum atomic E-state index is 12.5. The van der Waals surface area contributed by atoms with Gasteiger partial charge in [0.2, 0.25) is 0 Å². The Morgan fingerprint density at radius 1 is 1.22 bits per heavy atom. The standard InChI is InChI=1S/C18H19ClN6O2/c1-13-10-16(25-18(22-13)20-12-21-25)23-6-8-24(9-7-23)17(26)11-27-15-5-3-2-4-14(15)19/h2-5,10,12H,6-9,11H2,1H3. The zero-order chi connectivity index (χ0) is 18.8. The van der Waals surface area contributed by atoms with E-state index in [2.05, 4.69) is 20.0 Å². The van der Waals surface area contributed by atoms with Crippen LogP contribution in [0.2, 0.25) is 5.02 Å². The number of benzene rings is 1. The predicted molar refractivity (Wildman–Crippen MR) is 101 cm³/mol. The molecular weight excluding hydrogens is 368 g/mol. The molecular formula is C18H19ClN6O2. The van der Waals surface area contributed by atoms with Crippen LogP contribution in [-0.4, -0.2) is 63.2 Å². The van der Waals surface area contributed by atoms with E-state index in [-0.39, 0.29) is 12.5 Å². The highest BCUT2D eigenvalue weighted by Gasteiger charge is 2.23. The number of fused-ring (bicyclic) bond motifs is 1. The predicted octanol–water partition coefficient (Wildman–Crippen LogP) is 1.81. The molecule has 0 N–H and O–H groups in total. The number of hydrogen-bond donors (Lipinski definition) is 0. The third-order valence-electron chi connectivity index (χ3n) is 4.51. The molecule has 1 amide bonds. The van der Waals surface area contributed by atoms with Gasteiger partial charge in [0.1, 0.15) is 17.9 Å². The van der Waals surface area contributed by atoms with Gasteiger partial charge in [0, 0.05) is 37.9 Å². The number of hydrogen-bond acceptors (Lipinski definition) is 6. The Morgan fingerprint density at radius 2 is 2.00 bits per heavy atom. The van der Waals surface area contributed by atoms with Crippen molar-refractivity contribution in [3.05, 3.63) is 47.4 Å². The molecule has 0 radical (unpaired) electrons. The quantitative estimate of drug-likeness (QED) is 0.680. The van der Waals surface area contributed by atoms with Crippen molar-refractivity contribution in [2.75, 3.05) is 37.7 Å². The molecule has 1 aliphatic heterocycles. The summed E-state index contributed by atoms with van der Waals surface area (Å²) >= 11 is 6.06. The van der Waals surface area contributed by atoms with Crippen molar-refractivity contribution in [1.29, 1.82) is 0 Å². The molecule has 1 fully saturated rings. The zero-order valence-electron chi connectivity index (χ0n) is 14.9. The molecule has 9 heteroatoms. The molecule has 0 atom stereocenters. The largest absolute Gasteiger partial charge is 0.482 e. The Balaban J connectivity index is 1.38. The lowest BCUT2D eigenvalue weighted by molar-refractivity contribution is -0.133. The van der Waals surface area contributed by atoms with Crippen LogP contribution in [0.25, 0.3) is 5.78 Å². The minimum absolute atomic E-state index is 0.0224. The lowest BCUT2D eigenvalue weighted by Gasteiger charge is -2.35. The maximum absolute atomic E-state index is 12.5. The lowest BCUT2D eigenvalue weighted by Crippen LogP contribution is -2.50. The monoisotopic (exact) mass is 386 g/mol. The van der Waals surface area contributed by atoms with Gasteiger partial charge in [-0.15, -0.1) is 0 Å². The number of nitrogens with zero attached hydrogens (tertiary/aromatic N) is 6. The van der Waals surface area contributed by atoms with Crippen LogP contribution in [0.15, 0.2) is 36.7 Å². The second-order valence-electron chi connectivity index (χ2n) is 6.31. The highest BCUT2D eigenvalue weighted by molar-refractivity contribution is 6.32. The molecule has 8 nitrogen and oxygen atoms in total. The van der Waals surface area contributed by atoms with E-state index in [0.717, 1.165) is 11.5 Å². The summed E-state index contributed by atoms with van der Waals surface area (Å²) in [6.07, 6.45) is 1.50. The number of aryl methyl sites for hydroxylation is 1. The first-order chi connectivity index (χ1) is 13.1. The van der Waals surface area contributed by atoms with Crippen molar-refractivity contribution in [3.8, 4) is 5.75 Å². The summed E-state index contributed by atoms with van der Waals surface area (Å²) in [5, 5.41) is 4.75. The van der Waals surface area contributed by atoms with Gasteiger partial charge < -0.3 is 14.5 Å². The van der Waals surface area contributed by atoms with E-state index in [4.69, 9.17) is 16.3 Å². The summed E-state index contributed by atoms with van der Waals surface area (Å²) in [7, 11) is 0. The third kappa shape index (κ3) is 3.66. The summed E-state index contributed by atoms with van der Waals surface area (Å²) < 4.78 is 7.29. The van der Waals surface area contributed by atoms with Crippen LogP contribution in [0.1, 0.15) is 5.69 Å². The van der Waals surface area contributed by atoms with Crippen LogP contribution in [0.4, 0.5) is 5.82 Å². The number of rotatable bonds is 4. The van der Waals surface area contributed by atoms with Gasteiger partial charge in [0.15, 0.2) is 6.61 Å². The van der Waals surface area contributed by atoms with E-state index in [1.807, 2.05) is 25.1 Å². The lowest BCUT2D eigenvalue weighted by atomic mass is 10.3. The molecule has 0 bridgehead atoms. The first-order valence-electron chi connectivity index (χ1n) is 8.69. The molecule has 2 aromatic heterocycles. The van der Waals surface area contributed by atoms with Gasteiger partial charge >= 0.3 is 0 Å². The molecule has 3 aromatic rings. The molecule has 0 unspecified atom stereocenters. The fourth-order valence-corrected chi connectivity index (χ4v) is 3.30. The molecule has 1 saturated heterocycles. The van der Waals surface area contributed by atoms with Crippen molar-refractivity contribution >= 4 is 29.1 Å². The van der Waals surface area contributed by atoms with Crippen molar-refractivity contribution in [1.82, 2.24) is 24.5 Å². The Hall–Kier alpha value is -2.87. The highest BCUT2D eigenvalue weighted by Crippen LogP contribution is 2.23. The minimum Gasteiger partial charge on any atom is -0.482 e. The SMILES string of the molecule is Cc1cc(N2CCN(C(=O)COc3ccccc3Cl)CC2)n2ncnc2n1. The molecule has 140 valence electrons. The van der Waals surface area contributed by atoms with Gasteiger partial charge in [-0.2, -0.15) is 14.6 Å². The first-order valence-corrected chi connectivity index (χ1v) is 9.07. The highest BCUT2D eigenvalue weighted by atomic mass is 35.5. The van der Waals surface area contributed by atoms with Crippen molar-refractivity contribution in [2.45, 2.75) is 6.92 Å². The van der Waals surface area contributed by atoms with Crippen LogP contribution >= 0.6 is 11.6 Å². The van der Waals surface area contributed by atoms with Crippen molar-refractivity contribution in [3.63, 3.8) is 0 Å². The molecule has 0 aliphatic carbocycles. The molecule has 0 saturated carbocycles. The summed E-state index contributed by atoms with van der Waals surface area (Å²) in [5.74, 6) is 1.99. The summed E-state index contributed by atoms with van der Waals surface area (Å²) in [5.41, 5.74) is 0.886. The van der Waals surface area contributed by atoms with Crippen LogP contribution in [-0.2, 0) is 4.79 Å². The topological polar surface area (TPSA) is 75.9 Å². The second kappa shape index (κ2) is 7.40. The van der Waals surface area contributed by atoms with E-state index in [0.29, 0.717) is 42.7 Å². The van der Waals surface area contributed by atoms with E-state index >= 15 is 0 Å². The number of ether oxygens (including phenoxy) is 1. The van der Waals surface area contributed by atoms with E-state index in [1.54, 1.807) is 21.5 Å². The fourth-order valence-electron chi connectivity index (χ4n) is 3.11. The van der Waals surface area contributed by atoms with Gasteiger partial charge in [-0.05, 0) is 19.1 Å². The molecule has 0 spiro atoms. The van der Waals surface area contributed by atoms with Gasteiger partial charge in [0.25, 0.3) is 11.7 Å². The van der Waals surface area contributed by atoms with Crippen LogP contribution in [0.3, 0.4) is 0 Å². The minimum atomic E-state index is -0.0496. The Kier molecular flexibility index (Phi) is 4.81. The average molecular weight is 387 g/mol. The number of amides is 1. The number of carbonyl (C=O) groups excluding carboxylic acids is 1. The molecule has 3 heterocycles. The molecule has 4 rings (SSSR count). The molecule has 27 heavy (non-hydrogen) atoms. The number of anilines is 1. The Labute approximate surface area is 161 Å². The van der Waals surface area contributed by atoms with E-state index < -0.39 is 0 Å². The van der Waals surface area contributed by atoms with Crippen molar-refractivity contribution in [2.24, 2.45) is 0 Å². The average Bonchev–Trinajstić information content (AvgIpc) is 3.15. The second-order valence-corrected chi connectivity index (χ2v) is 6.72. The van der Waals surface area contributed by atoms with Gasteiger partial charge in [-0.1, -0.05) is 23.7 Å². The summed E-state index contributed by atoms with van der Waals surface area (Å²) in [4.78, 5) is 25.0. The summed E-state index contributed by atoms with van der Waals surface area (Å²) in [6, 6.07) is 9.12.